The SMILES string of the molecule is CCCc1c(N)ncnc1Cc1ccc2ccccc2n1. The normalized spacial score (nSPS) is 10.9. The molecule has 4 nitrogen and oxygen atoms in total. The van der Waals surface area contributed by atoms with E-state index in [4.69, 9.17) is 10.7 Å². The van der Waals surface area contributed by atoms with Crippen molar-refractivity contribution in [2.24, 2.45) is 0 Å². The highest BCUT2D eigenvalue weighted by molar-refractivity contribution is 5.78. The molecule has 0 bridgehead atoms. The number of hydrogen-bond acceptors (Lipinski definition) is 4. The van der Waals surface area contributed by atoms with Gasteiger partial charge >= 0.3 is 0 Å². The smallest absolute Gasteiger partial charge is 0.130 e. The lowest BCUT2D eigenvalue weighted by Crippen LogP contribution is -2.06. The molecule has 106 valence electrons. The van der Waals surface area contributed by atoms with Crippen LogP contribution in [0.2, 0.25) is 0 Å². The van der Waals surface area contributed by atoms with Gasteiger partial charge in [0.1, 0.15) is 12.1 Å². The van der Waals surface area contributed by atoms with Crippen LogP contribution in [0.15, 0.2) is 42.7 Å². The van der Waals surface area contributed by atoms with E-state index in [0.717, 1.165) is 40.7 Å². The van der Waals surface area contributed by atoms with Crippen molar-refractivity contribution in [1.82, 2.24) is 15.0 Å². The summed E-state index contributed by atoms with van der Waals surface area (Å²) in [7, 11) is 0. The van der Waals surface area contributed by atoms with Crippen molar-refractivity contribution in [2.75, 3.05) is 5.73 Å². The molecule has 0 amide bonds. The van der Waals surface area contributed by atoms with E-state index in [1.807, 2.05) is 18.2 Å². The second kappa shape index (κ2) is 5.87. The molecule has 3 rings (SSSR count). The third-order valence-electron chi connectivity index (χ3n) is 3.57. The van der Waals surface area contributed by atoms with Crippen LogP contribution in [-0.2, 0) is 12.8 Å². The van der Waals surface area contributed by atoms with E-state index in [2.05, 4.69) is 35.1 Å². The summed E-state index contributed by atoms with van der Waals surface area (Å²) in [6.07, 6.45) is 4.14. The molecule has 1 aromatic carbocycles. The monoisotopic (exact) mass is 278 g/mol. The van der Waals surface area contributed by atoms with Gasteiger partial charge in [0.15, 0.2) is 0 Å². The fourth-order valence-electron chi connectivity index (χ4n) is 2.52. The van der Waals surface area contributed by atoms with Gasteiger partial charge in [-0.3, -0.25) is 4.98 Å². The van der Waals surface area contributed by atoms with Gasteiger partial charge in [0.05, 0.1) is 11.2 Å². The van der Waals surface area contributed by atoms with Gasteiger partial charge in [-0.15, -0.1) is 0 Å². The molecular formula is C17H18N4. The molecule has 2 N–H and O–H groups in total. The number of anilines is 1. The fraction of sp³-hybridized carbons (Fsp3) is 0.235. The molecule has 0 aliphatic rings. The average Bonchev–Trinajstić information content (AvgIpc) is 2.51. The van der Waals surface area contributed by atoms with Gasteiger partial charge in [0.25, 0.3) is 0 Å². The fourth-order valence-corrected chi connectivity index (χ4v) is 2.52. The topological polar surface area (TPSA) is 64.7 Å². The molecule has 4 heteroatoms. The number of fused-ring (bicyclic) bond motifs is 1. The van der Waals surface area contributed by atoms with Crippen LogP contribution >= 0.6 is 0 Å². The van der Waals surface area contributed by atoms with E-state index in [1.165, 1.54) is 6.33 Å². The Kier molecular flexibility index (Phi) is 3.77. The van der Waals surface area contributed by atoms with Gasteiger partial charge < -0.3 is 5.73 Å². The predicted octanol–water partition coefficient (Wildman–Crippen LogP) is 3.15. The van der Waals surface area contributed by atoms with Crippen molar-refractivity contribution >= 4 is 16.7 Å². The summed E-state index contributed by atoms with van der Waals surface area (Å²) in [5, 5.41) is 1.15. The van der Waals surface area contributed by atoms with Crippen molar-refractivity contribution in [3.63, 3.8) is 0 Å². The zero-order chi connectivity index (χ0) is 14.7. The zero-order valence-electron chi connectivity index (χ0n) is 12.1. The Bertz CT molecular complexity index is 768. The third-order valence-corrected chi connectivity index (χ3v) is 3.57. The number of nitrogens with two attached hydrogens (primary N) is 1. The molecule has 2 aromatic heterocycles. The van der Waals surface area contributed by atoms with Crippen LogP contribution in [0, 0.1) is 0 Å². The van der Waals surface area contributed by atoms with Crippen LogP contribution in [0.5, 0.6) is 0 Å². The number of hydrogen-bond donors (Lipinski definition) is 1. The zero-order valence-corrected chi connectivity index (χ0v) is 12.1. The van der Waals surface area contributed by atoms with Gasteiger partial charge in [-0.25, -0.2) is 9.97 Å². The van der Waals surface area contributed by atoms with Gasteiger partial charge in [-0.1, -0.05) is 37.6 Å². The molecule has 0 spiro atoms. The minimum Gasteiger partial charge on any atom is -0.383 e. The van der Waals surface area contributed by atoms with E-state index in [0.29, 0.717) is 12.2 Å². The summed E-state index contributed by atoms with van der Waals surface area (Å²) in [5.41, 5.74) is 10.0. The first kappa shape index (κ1) is 13.5. The molecule has 0 unspecified atom stereocenters. The first-order valence-corrected chi connectivity index (χ1v) is 7.21. The highest BCUT2D eigenvalue weighted by atomic mass is 14.9. The van der Waals surface area contributed by atoms with E-state index in [9.17, 15) is 0 Å². The summed E-state index contributed by atoms with van der Waals surface area (Å²) in [4.78, 5) is 13.2. The molecule has 2 heterocycles. The van der Waals surface area contributed by atoms with Gasteiger partial charge in [-0.2, -0.15) is 0 Å². The van der Waals surface area contributed by atoms with Crippen LogP contribution in [0.3, 0.4) is 0 Å². The van der Waals surface area contributed by atoms with E-state index >= 15 is 0 Å². The Balaban J connectivity index is 1.96. The van der Waals surface area contributed by atoms with Gasteiger partial charge in [0.2, 0.25) is 0 Å². The number of pyridine rings is 1. The van der Waals surface area contributed by atoms with Crippen molar-refractivity contribution in [2.45, 2.75) is 26.2 Å². The Morgan fingerprint density at radius 3 is 2.76 bits per heavy atom. The maximum atomic E-state index is 5.98. The molecule has 0 aliphatic carbocycles. The Morgan fingerprint density at radius 2 is 1.90 bits per heavy atom. The average molecular weight is 278 g/mol. The molecule has 0 aliphatic heterocycles. The van der Waals surface area contributed by atoms with Crippen LogP contribution in [0.1, 0.15) is 30.3 Å². The van der Waals surface area contributed by atoms with Gasteiger partial charge in [-0.05, 0) is 18.6 Å². The first-order valence-electron chi connectivity index (χ1n) is 7.21. The summed E-state index contributed by atoms with van der Waals surface area (Å²) < 4.78 is 0. The minimum absolute atomic E-state index is 0.586. The van der Waals surface area contributed by atoms with Crippen LogP contribution in [-0.4, -0.2) is 15.0 Å². The highest BCUT2D eigenvalue weighted by Crippen LogP contribution is 2.19. The summed E-state index contributed by atoms with van der Waals surface area (Å²) in [6.45, 7) is 2.13. The second-order valence-electron chi connectivity index (χ2n) is 5.11. The maximum Gasteiger partial charge on any atom is 0.130 e. The number of benzene rings is 1. The summed E-state index contributed by atoms with van der Waals surface area (Å²) in [6, 6.07) is 12.3. The molecule has 0 atom stereocenters. The molecular weight excluding hydrogens is 260 g/mol. The lowest BCUT2D eigenvalue weighted by atomic mass is 10.0. The number of nitrogens with zero attached hydrogens (tertiary/aromatic N) is 3. The predicted molar refractivity (Wildman–Crippen MR) is 85.0 cm³/mol. The standard InChI is InChI=1S/C17H18N4/c1-2-5-14-16(19-11-20-17(14)18)10-13-9-8-12-6-3-4-7-15(12)21-13/h3-4,6-9,11H,2,5,10H2,1H3,(H2,18,19,20). The Morgan fingerprint density at radius 1 is 1.05 bits per heavy atom. The molecule has 21 heavy (non-hydrogen) atoms. The second-order valence-corrected chi connectivity index (χ2v) is 5.11. The molecule has 0 saturated carbocycles. The Hall–Kier alpha value is -2.49. The molecule has 0 fully saturated rings. The maximum absolute atomic E-state index is 5.98. The number of para-hydroxylation sites is 1. The van der Waals surface area contributed by atoms with Crippen molar-refractivity contribution in [3.05, 3.63) is 59.7 Å². The molecule has 0 saturated heterocycles. The highest BCUT2D eigenvalue weighted by Gasteiger charge is 2.10. The minimum atomic E-state index is 0.586. The van der Waals surface area contributed by atoms with Crippen LogP contribution in [0.25, 0.3) is 10.9 Å². The number of rotatable bonds is 4. The van der Waals surface area contributed by atoms with E-state index < -0.39 is 0 Å². The lowest BCUT2D eigenvalue weighted by Gasteiger charge is -2.09. The quantitative estimate of drug-likeness (QED) is 0.796. The molecule has 3 aromatic rings. The largest absolute Gasteiger partial charge is 0.383 e. The van der Waals surface area contributed by atoms with E-state index in [-0.39, 0.29) is 0 Å². The van der Waals surface area contributed by atoms with E-state index in [1.54, 1.807) is 0 Å². The first-order chi connectivity index (χ1) is 10.3. The van der Waals surface area contributed by atoms with Crippen LogP contribution in [0.4, 0.5) is 5.82 Å². The number of nitrogen functional groups attached to an aromatic ring is 1. The summed E-state index contributed by atoms with van der Waals surface area (Å²) >= 11 is 0. The lowest BCUT2D eigenvalue weighted by molar-refractivity contribution is 0.866. The van der Waals surface area contributed by atoms with Crippen molar-refractivity contribution < 1.29 is 0 Å². The molecule has 0 radical (unpaired) electrons. The summed E-state index contributed by atoms with van der Waals surface area (Å²) in [5.74, 6) is 0.586. The van der Waals surface area contributed by atoms with Crippen molar-refractivity contribution in [1.29, 1.82) is 0 Å². The third kappa shape index (κ3) is 2.84. The van der Waals surface area contributed by atoms with Crippen molar-refractivity contribution in [3.8, 4) is 0 Å². The number of aromatic nitrogens is 3. The van der Waals surface area contributed by atoms with Gasteiger partial charge in [0, 0.05) is 23.1 Å². The Labute approximate surface area is 124 Å². The van der Waals surface area contributed by atoms with Crippen LogP contribution < -0.4 is 5.73 Å².